The molecule has 0 amide bonds. The lowest BCUT2D eigenvalue weighted by atomic mass is 9.76. The summed E-state index contributed by atoms with van der Waals surface area (Å²) in [6.07, 6.45) is 6.73. The summed E-state index contributed by atoms with van der Waals surface area (Å²) in [4.78, 5) is 0. The van der Waals surface area contributed by atoms with Gasteiger partial charge in [-0.25, -0.2) is 13.7 Å². The number of nitrogens with zero attached hydrogens (tertiary/aromatic N) is 3. The van der Waals surface area contributed by atoms with E-state index in [-0.39, 0.29) is 36.8 Å². The van der Waals surface area contributed by atoms with Gasteiger partial charge in [0.2, 0.25) is 17.1 Å². The van der Waals surface area contributed by atoms with Crippen LogP contribution in [0.15, 0.2) is 316 Å². The van der Waals surface area contributed by atoms with Gasteiger partial charge in [-0.05, 0) is 208 Å². The highest BCUT2D eigenvalue weighted by atomic mass is 28.3. The van der Waals surface area contributed by atoms with E-state index >= 15 is 0 Å². The van der Waals surface area contributed by atoms with Gasteiger partial charge in [0.15, 0.2) is 42.8 Å². The zero-order chi connectivity index (χ0) is 88.2. The zero-order valence-corrected chi connectivity index (χ0v) is 81.9. The molecule has 12 aromatic carbocycles. The first-order valence-electron chi connectivity index (χ1n) is 44.4. The first-order valence-corrected chi connectivity index (χ1v) is 50.4. The van der Waals surface area contributed by atoms with Crippen molar-refractivity contribution in [3.63, 3.8) is 0 Å². The average molecular weight is 1660 g/mol. The van der Waals surface area contributed by atoms with Crippen LogP contribution in [-0.2, 0) is 42.8 Å². The predicted octanol–water partition coefficient (Wildman–Crippen LogP) is 23.2. The van der Waals surface area contributed by atoms with Gasteiger partial charge >= 0.3 is 0 Å². The molecule has 624 valence electrons. The lowest BCUT2D eigenvalue weighted by molar-refractivity contribution is -0.659. The number of hydrogen-bond acceptors (Lipinski definition) is 0. The Labute approximate surface area is 736 Å². The van der Waals surface area contributed by atoms with Crippen molar-refractivity contribution in [2.75, 3.05) is 0 Å². The van der Waals surface area contributed by atoms with Crippen molar-refractivity contribution in [3.05, 3.63) is 360 Å². The lowest BCUT2D eigenvalue weighted by Gasteiger charge is -2.44. The van der Waals surface area contributed by atoms with Gasteiger partial charge in [0.1, 0.15) is 21.1 Å². The predicted molar refractivity (Wildman–Crippen MR) is 537 cm³/mol. The summed E-state index contributed by atoms with van der Waals surface area (Å²) in [6.45, 7) is 58.8. The molecule has 122 heavy (non-hydrogen) atoms. The van der Waals surface area contributed by atoms with Crippen molar-refractivity contribution in [1.29, 1.82) is 0 Å². The Morgan fingerprint density at radius 2 is 0.475 bits per heavy atom. The highest BCUT2D eigenvalue weighted by Gasteiger charge is 2.52. The molecular weight excluding hydrogens is 1520 g/mol. The van der Waals surface area contributed by atoms with Crippen molar-refractivity contribution >= 4 is 103 Å². The summed E-state index contributed by atoms with van der Waals surface area (Å²) in [5.74, 6) is 0. The van der Waals surface area contributed by atoms with Crippen LogP contribution in [0.5, 0.6) is 0 Å². The summed E-state index contributed by atoms with van der Waals surface area (Å²) >= 11 is 0. The number of benzene rings is 12. The van der Waals surface area contributed by atoms with Gasteiger partial charge in [0, 0.05) is 23.8 Å². The maximum Gasteiger partial charge on any atom is 0.220 e. The average Bonchev–Trinajstić information content (AvgIpc) is 0.724. The van der Waals surface area contributed by atoms with Gasteiger partial charge in [0.25, 0.3) is 0 Å². The Balaban J connectivity index is 0.000000158. The van der Waals surface area contributed by atoms with Crippen LogP contribution in [-0.4, -0.2) is 24.2 Å². The minimum absolute atomic E-state index is 0.0465. The Morgan fingerprint density at radius 3 is 0.746 bits per heavy atom. The van der Waals surface area contributed by atoms with Crippen LogP contribution in [0.3, 0.4) is 0 Å². The maximum absolute atomic E-state index is 2.52. The van der Waals surface area contributed by atoms with Gasteiger partial charge in [-0.15, -0.1) is 0 Å². The minimum atomic E-state index is -2.44. The fraction of sp³-hybridized carbons (Fsp3) is 0.302. The highest BCUT2D eigenvalue weighted by molar-refractivity contribution is 7.14. The molecule has 0 unspecified atom stereocenters. The normalized spacial score (nSPS) is 12.8. The van der Waals surface area contributed by atoms with Crippen LogP contribution in [0.4, 0.5) is 0 Å². The third kappa shape index (κ3) is 16.7. The summed E-state index contributed by atoms with van der Waals surface area (Å²) < 4.78 is 6.92. The van der Waals surface area contributed by atoms with Crippen molar-refractivity contribution in [2.45, 2.75) is 210 Å². The second-order valence-electron chi connectivity index (χ2n) is 42.1. The smallest absolute Gasteiger partial charge is 0.200 e. The van der Waals surface area contributed by atoms with E-state index in [4.69, 9.17) is 0 Å². The van der Waals surface area contributed by atoms with E-state index in [2.05, 4.69) is 524 Å². The maximum atomic E-state index is 2.52. The van der Waals surface area contributed by atoms with E-state index in [0.29, 0.717) is 0 Å². The standard InChI is InChI=1S/C41H50NSi.C38H44NSi.C37H42NSi/c1-29-36(27-31(39(2,3)4)28-37(29)40(5,6)7)38-35-23-22-34(26-30(35)24-25-42(38)11)43(41(8,9)10,32-18-14-12-15-19-32)33-20-16-13-17-21-33;1-27-24-30(37(3,4)5)26-35(28(27)2)36-34-21-20-33(25-29(34)22-23-39(36)9)40(38(6,7)8,31-16-12-10-13-17-31)32-18-14-11-15-19-32;1-27-19-20-29(36(2,3)4)26-34(27)35-33-22-21-32(25-28(33)23-24-38(35)8)39(37(5,6)7,30-15-11-9-12-16-30)31-17-13-10-14-18-31/h12-28H,1-11H3;10-26H,1-9H3;9-26H,1-8H3/q3*+1. The lowest BCUT2D eigenvalue weighted by Crippen LogP contribution is -2.72. The number of aryl methyl sites for hydroxylation is 5. The second kappa shape index (κ2) is 34.0. The molecule has 0 N–H and O–H groups in total. The number of pyridine rings is 3. The van der Waals surface area contributed by atoms with E-state index in [1.54, 1.807) is 0 Å². The van der Waals surface area contributed by atoms with Crippen LogP contribution >= 0.6 is 0 Å². The largest absolute Gasteiger partial charge is 0.220 e. The molecule has 0 aliphatic carbocycles. The molecule has 3 aromatic heterocycles. The van der Waals surface area contributed by atoms with Gasteiger partial charge in [-0.1, -0.05) is 388 Å². The van der Waals surface area contributed by atoms with E-state index in [9.17, 15) is 0 Å². The van der Waals surface area contributed by atoms with Crippen molar-refractivity contribution in [1.82, 2.24) is 0 Å². The quantitative estimate of drug-likeness (QED) is 0.0656. The zero-order valence-electron chi connectivity index (χ0n) is 78.9. The van der Waals surface area contributed by atoms with Crippen LogP contribution in [0.1, 0.15) is 190 Å². The number of rotatable bonds is 12. The third-order valence-corrected chi connectivity index (χ3v) is 44.3. The number of fused-ring (bicyclic) bond motifs is 3. The molecule has 0 saturated heterocycles. The molecule has 0 fully saturated rings. The van der Waals surface area contributed by atoms with E-state index in [0.717, 1.165) is 0 Å². The Bertz CT molecular complexity index is 6160. The molecule has 0 aliphatic rings. The molecule has 0 saturated carbocycles. The molecule has 0 spiro atoms. The number of aromatic nitrogens is 3. The third-order valence-electron chi connectivity index (χ3n) is 26.8. The van der Waals surface area contributed by atoms with Gasteiger partial charge < -0.3 is 0 Å². The minimum Gasteiger partial charge on any atom is -0.200 e. The SMILES string of the molecule is Cc1c(-c2c3ccc([Si](c4ccccc4)(c4ccccc4)C(C)(C)C)cc3cc[n+]2C)cc(C(C)(C)C)cc1C(C)(C)C.Cc1cc(C(C)(C)C)cc(-c2c3ccc([Si](c4ccccc4)(c4ccccc4)C(C)(C)C)cc3cc[n+]2C)c1C.Cc1ccc(C(C)(C)C)cc1-c1c2ccc([Si](c3ccccc3)(c3ccccc3)C(C)(C)C)cc2cc[n+]1C. The molecule has 0 radical (unpaired) electrons. The van der Waals surface area contributed by atoms with Gasteiger partial charge in [-0.3, -0.25) is 0 Å². The van der Waals surface area contributed by atoms with Gasteiger partial charge in [-0.2, -0.15) is 0 Å². The van der Waals surface area contributed by atoms with Crippen molar-refractivity contribution in [2.24, 2.45) is 21.1 Å². The molecule has 0 atom stereocenters. The fourth-order valence-electron chi connectivity index (χ4n) is 20.4. The molecule has 15 aromatic rings. The second-order valence-corrected chi connectivity index (χ2v) is 56.3. The molecule has 6 heteroatoms. The van der Waals surface area contributed by atoms with E-state index in [1.807, 2.05) is 0 Å². The Kier molecular flexibility index (Phi) is 24.9. The fourth-order valence-corrected chi connectivity index (χ4v) is 37.5. The van der Waals surface area contributed by atoms with Crippen molar-refractivity contribution in [3.8, 4) is 33.8 Å². The molecule has 3 heterocycles. The van der Waals surface area contributed by atoms with Crippen molar-refractivity contribution < 1.29 is 13.7 Å². The van der Waals surface area contributed by atoms with E-state index < -0.39 is 24.2 Å². The van der Waals surface area contributed by atoms with E-state index in [1.165, 1.54) is 157 Å². The summed E-state index contributed by atoms with van der Waals surface area (Å²) in [5.41, 5.74) is 19.1. The summed E-state index contributed by atoms with van der Waals surface area (Å²) in [7, 11) is -0.698. The van der Waals surface area contributed by atoms with Crippen LogP contribution < -0.4 is 60.4 Å². The van der Waals surface area contributed by atoms with Crippen LogP contribution in [0.2, 0.25) is 15.1 Å². The van der Waals surface area contributed by atoms with Gasteiger partial charge in [0.05, 0.1) is 27.3 Å². The summed E-state index contributed by atoms with van der Waals surface area (Å²) in [6, 6.07) is 113. The number of hydrogen-bond donors (Lipinski definition) is 0. The van der Waals surface area contributed by atoms with Crippen LogP contribution in [0.25, 0.3) is 66.1 Å². The monoisotopic (exact) mass is 1660 g/mol. The molecule has 0 bridgehead atoms. The summed E-state index contributed by atoms with van der Waals surface area (Å²) in [5, 5.41) is 21.1. The topological polar surface area (TPSA) is 11.6 Å². The molecule has 3 nitrogen and oxygen atoms in total. The molecular formula is C116H136N3Si3+3. The first-order chi connectivity index (χ1) is 57.4. The van der Waals surface area contributed by atoms with Crippen LogP contribution in [0, 0.1) is 27.7 Å². The Morgan fingerprint density at radius 1 is 0.213 bits per heavy atom. The Hall–Kier alpha value is -10.5. The highest BCUT2D eigenvalue weighted by Crippen LogP contribution is 2.44. The molecule has 15 rings (SSSR count). The first kappa shape index (κ1) is 89.3. The molecule has 0 aliphatic heterocycles.